The third-order valence-electron chi connectivity index (χ3n) is 3.89. The molecular weight excluding hydrogens is 448 g/mol. The summed E-state index contributed by atoms with van der Waals surface area (Å²) in [4.78, 5) is 4.32. The maximum Gasteiger partial charge on any atom is 0.188 e. The minimum Gasteiger partial charge on any atom is -0.493 e. The lowest BCUT2D eigenvalue weighted by Crippen LogP contribution is -2.33. The molecule has 0 unspecified atom stereocenters. The first-order valence-electron chi connectivity index (χ1n) is 8.03. The van der Waals surface area contributed by atoms with E-state index in [2.05, 4.69) is 10.3 Å². The molecule has 2 rings (SSSR count). The second-order valence-electron chi connectivity index (χ2n) is 5.64. The highest BCUT2D eigenvalue weighted by Gasteiger charge is 2.04. The number of hydrogen-bond donors (Lipinski definition) is 2. The predicted octanol–water partition coefficient (Wildman–Crippen LogP) is 3.42. The topological polar surface area (TPSA) is 68.9 Å². The van der Waals surface area contributed by atoms with E-state index in [9.17, 15) is 4.39 Å². The van der Waals surface area contributed by atoms with E-state index >= 15 is 0 Å². The van der Waals surface area contributed by atoms with E-state index in [1.807, 2.05) is 25.1 Å². The number of hydrogen-bond acceptors (Lipinski definition) is 3. The van der Waals surface area contributed by atoms with Crippen LogP contribution in [0, 0.1) is 12.7 Å². The minimum absolute atomic E-state index is 0. The molecule has 0 fully saturated rings. The van der Waals surface area contributed by atoms with Crippen LogP contribution in [0.15, 0.2) is 41.4 Å². The lowest BCUT2D eigenvalue weighted by Gasteiger charge is -2.10. The molecule has 0 saturated heterocycles. The Morgan fingerprint density at radius 1 is 1.12 bits per heavy atom. The first-order chi connectivity index (χ1) is 12.0. The van der Waals surface area contributed by atoms with Gasteiger partial charge in [-0.1, -0.05) is 12.1 Å². The Bertz CT molecular complexity index is 754. The average Bonchev–Trinajstić information content (AvgIpc) is 2.61. The number of halogens is 2. The maximum absolute atomic E-state index is 13.1. The molecule has 3 N–H and O–H groups in total. The van der Waals surface area contributed by atoms with Crippen molar-refractivity contribution in [2.75, 3.05) is 20.8 Å². The summed E-state index contributed by atoms with van der Waals surface area (Å²) in [5, 5.41) is 3.07. The molecule has 26 heavy (non-hydrogen) atoms. The number of methoxy groups -OCH3 is 2. The Morgan fingerprint density at radius 2 is 1.85 bits per heavy atom. The maximum atomic E-state index is 13.1. The zero-order valence-electron chi connectivity index (χ0n) is 15.2. The summed E-state index contributed by atoms with van der Waals surface area (Å²) in [6.45, 7) is 2.97. The van der Waals surface area contributed by atoms with Crippen molar-refractivity contribution in [2.45, 2.75) is 19.9 Å². The molecular formula is C19H25FIN3O2. The Balaban J connectivity index is 0.00000338. The number of aryl methyl sites for hydroxylation is 1. The molecule has 7 heteroatoms. The molecule has 5 nitrogen and oxygen atoms in total. The van der Waals surface area contributed by atoms with Crippen LogP contribution in [0.2, 0.25) is 0 Å². The van der Waals surface area contributed by atoms with Gasteiger partial charge in [-0.25, -0.2) is 9.38 Å². The van der Waals surface area contributed by atoms with E-state index in [0.717, 1.165) is 23.1 Å². The molecule has 2 aromatic rings. The summed E-state index contributed by atoms with van der Waals surface area (Å²) in [7, 11) is 3.19. The van der Waals surface area contributed by atoms with Crippen molar-refractivity contribution in [3.8, 4) is 11.5 Å². The van der Waals surface area contributed by atoms with Gasteiger partial charge in [0.15, 0.2) is 17.5 Å². The largest absolute Gasteiger partial charge is 0.493 e. The van der Waals surface area contributed by atoms with Crippen LogP contribution in [0.1, 0.15) is 16.7 Å². The Kier molecular flexibility index (Phi) is 9.18. The number of aliphatic imine (C=N–C) groups is 1. The van der Waals surface area contributed by atoms with Crippen LogP contribution in [0.4, 0.5) is 4.39 Å². The Hall–Kier alpha value is -2.03. The summed E-state index contributed by atoms with van der Waals surface area (Å²) in [6, 6.07) is 10.4. The van der Waals surface area contributed by atoms with Crippen molar-refractivity contribution >= 4 is 29.9 Å². The van der Waals surface area contributed by atoms with Crippen LogP contribution in [-0.2, 0) is 13.0 Å². The van der Waals surface area contributed by atoms with Gasteiger partial charge < -0.3 is 20.5 Å². The third-order valence-corrected chi connectivity index (χ3v) is 3.89. The van der Waals surface area contributed by atoms with E-state index in [0.29, 0.717) is 30.5 Å². The van der Waals surface area contributed by atoms with Crippen molar-refractivity contribution in [1.82, 2.24) is 5.32 Å². The van der Waals surface area contributed by atoms with Gasteiger partial charge in [0.1, 0.15) is 5.82 Å². The van der Waals surface area contributed by atoms with Crippen LogP contribution < -0.4 is 20.5 Å². The summed E-state index contributed by atoms with van der Waals surface area (Å²) in [6.07, 6.45) is 0.749. The lowest BCUT2D eigenvalue weighted by atomic mass is 10.1. The van der Waals surface area contributed by atoms with E-state index in [-0.39, 0.29) is 29.8 Å². The molecule has 0 bridgehead atoms. The van der Waals surface area contributed by atoms with Crippen molar-refractivity contribution in [3.63, 3.8) is 0 Å². The highest BCUT2D eigenvalue weighted by Crippen LogP contribution is 2.27. The minimum atomic E-state index is -0.217. The van der Waals surface area contributed by atoms with Crippen molar-refractivity contribution < 1.29 is 13.9 Å². The molecule has 0 amide bonds. The number of nitrogens with two attached hydrogens (primary N) is 1. The normalized spacial score (nSPS) is 10.8. The fraction of sp³-hybridized carbons (Fsp3) is 0.316. The average molecular weight is 473 g/mol. The van der Waals surface area contributed by atoms with Crippen molar-refractivity contribution in [3.05, 3.63) is 58.9 Å². The van der Waals surface area contributed by atoms with Gasteiger partial charge in [0, 0.05) is 6.54 Å². The van der Waals surface area contributed by atoms with Gasteiger partial charge >= 0.3 is 0 Å². The van der Waals surface area contributed by atoms with Crippen LogP contribution in [0.5, 0.6) is 11.5 Å². The number of nitrogens with one attached hydrogen (secondary N) is 1. The molecule has 0 spiro atoms. The van der Waals surface area contributed by atoms with E-state index in [1.165, 1.54) is 12.1 Å². The summed E-state index contributed by atoms with van der Waals surface area (Å²) in [5.41, 5.74) is 8.88. The number of ether oxygens (including phenoxy) is 2. The smallest absolute Gasteiger partial charge is 0.188 e. The summed E-state index contributed by atoms with van der Waals surface area (Å²) < 4.78 is 23.6. The fourth-order valence-corrected chi connectivity index (χ4v) is 2.48. The van der Waals surface area contributed by atoms with Gasteiger partial charge in [0.05, 0.1) is 20.8 Å². The molecule has 0 aromatic heterocycles. The van der Waals surface area contributed by atoms with E-state index in [4.69, 9.17) is 15.2 Å². The SMILES string of the molecule is COc1ccc(CN=C(N)NCCc2ccc(F)cc2C)cc1OC.I. The predicted molar refractivity (Wildman–Crippen MR) is 113 cm³/mol. The van der Waals surface area contributed by atoms with Gasteiger partial charge in [-0.15, -0.1) is 24.0 Å². The van der Waals surface area contributed by atoms with Gasteiger partial charge in [0.25, 0.3) is 0 Å². The molecule has 0 radical (unpaired) electrons. The van der Waals surface area contributed by atoms with E-state index < -0.39 is 0 Å². The van der Waals surface area contributed by atoms with Crippen molar-refractivity contribution in [2.24, 2.45) is 10.7 Å². The number of benzene rings is 2. The van der Waals surface area contributed by atoms with Crippen LogP contribution in [-0.4, -0.2) is 26.7 Å². The molecule has 0 heterocycles. The number of rotatable bonds is 7. The molecule has 0 aliphatic carbocycles. The van der Waals surface area contributed by atoms with Gasteiger partial charge in [-0.05, 0) is 54.3 Å². The number of guanidine groups is 1. The van der Waals surface area contributed by atoms with E-state index in [1.54, 1.807) is 20.3 Å². The standard InChI is InChI=1S/C19H24FN3O2.HI/c1-13-10-16(20)6-5-15(13)8-9-22-19(21)23-12-14-4-7-17(24-2)18(11-14)25-3;/h4-7,10-11H,8-9,12H2,1-3H3,(H3,21,22,23);1H. The number of nitrogens with zero attached hydrogens (tertiary/aromatic N) is 1. The Morgan fingerprint density at radius 3 is 2.50 bits per heavy atom. The fourth-order valence-electron chi connectivity index (χ4n) is 2.48. The second-order valence-corrected chi connectivity index (χ2v) is 5.64. The molecule has 0 aliphatic rings. The quantitative estimate of drug-likeness (QED) is 0.368. The third kappa shape index (κ3) is 6.36. The zero-order valence-corrected chi connectivity index (χ0v) is 17.5. The Labute approximate surface area is 170 Å². The monoisotopic (exact) mass is 473 g/mol. The molecule has 2 aromatic carbocycles. The van der Waals surface area contributed by atoms with Gasteiger partial charge in [0.2, 0.25) is 0 Å². The first-order valence-corrected chi connectivity index (χ1v) is 8.03. The van der Waals surface area contributed by atoms with Gasteiger partial charge in [-0.2, -0.15) is 0 Å². The molecule has 0 saturated carbocycles. The van der Waals surface area contributed by atoms with Crippen LogP contribution in [0.25, 0.3) is 0 Å². The molecule has 142 valence electrons. The van der Waals surface area contributed by atoms with Gasteiger partial charge in [-0.3, -0.25) is 0 Å². The highest BCUT2D eigenvalue weighted by atomic mass is 127. The van der Waals surface area contributed by atoms with Crippen LogP contribution >= 0.6 is 24.0 Å². The van der Waals surface area contributed by atoms with Crippen LogP contribution in [0.3, 0.4) is 0 Å². The highest BCUT2D eigenvalue weighted by molar-refractivity contribution is 14.0. The summed E-state index contributed by atoms with van der Waals surface area (Å²) in [5.74, 6) is 1.49. The summed E-state index contributed by atoms with van der Waals surface area (Å²) >= 11 is 0. The lowest BCUT2D eigenvalue weighted by molar-refractivity contribution is 0.354. The first kappa shape index (κ1) is 22.0. The molecule has 0 atom stereocenters. The zero-order chi connectivity index (χ0) is 18.2. The van der Waals surface area contributed by atoms with Crippen molar-refractivity contribution in [1.29, 1.82) is 0 Å². The second kappa shape index (κ2) is 10.8. The molecule has 0 aliphatic heterocycles.